The molecule has 0 fully saturated rings. The maximum atomic E-state index is 11.3. The number of nitrogens with two attached hydrogens (primary N) is 1. The third-order valence-corrected chi connectivity index (χ3v) is 4.94. The number of anilines is 3. The fourth-order valence-corrected chi connectivity index (χ4v) is 2.82. The SMILES string of the molecule is CCc1cnc(Nc2ccc(S(N)(=O)=O)cc2)nc1N[C@@H](CO)C(C)C. The fourth-order valence-electron chi connectivity index (χ4n) is 2.31. The van der Waals surface area contributed by atoms with Crippen molar-refractivity contribution in [2.45, 2.75) is 38.1 Å². The lowest BCUT2D eigenvalue weighted by Crippen LogP contribution is -2.30. The smallest absolute Gasteiger partial charge is 0.238 e. The number of nitrogens with zero attached hydrogens (tertiary/aromatic N) is 2. The molecular formula is C17H25N5O3S. The van der Waals surface area contributed by atoms with Gasteiger partial charge in [0.1, 0.15) is 5.82 Å². The van der Waals surface area contributed by atoms with Crippen LogP contribution >= 0.6 is 0 Å². The van der Waals surface area contributed by atoms with E-state index >= 15 is 0 Å². The summed E-state index contributed by atoms with van der Waals surface area (Å²) in [7, 11) is -3.73. The maximum Gasteiger partial charge on any atom is 0.238 e. The molecule has 1 heterocycles. The van der Waals surface area contributed by atoms with Crippen LogP contribution in [0.1, 0.15) is 26.3 Å². The highest BCUT2D eigenvalue weighted by atomic mass is 32.2. The summed E-state index contributed by atoms with van der Waals surface area (Å²) in [5, 5.41) is 20.9. The summed E-state index contributed by atoms with van der Waals surface area (Å²) in [4.78, 5) is 8.82. The van der Waals surface area contributed by atoms with Crippen molar-refractivity contribution in [3.63, 3.8) is 0 Å². The van der Waals surface area contributed by atoms with Gasteiger partial charge in [-0.25, -0.2) is 18.5 Å². The first-order valence-electron chi connectivity index (χ1n) is 8.37. The number of nitrogens with one attached hydrogen (secondary N) is 2. The van der Waals surface area contributed by atoms with Crippen LogP contribution in [0.2, 0.25) is 0 Å². The number of aryl methyl sites for hydroxylation is 1. The highest BCUT2D eigenvalue weighted by molar-refractivity contribution is 7.89. The van der Waals surface area contributed by atoms with Crippen LogP contribution < -0.4 is 15.8 Å². The zero-order valence-electron chi connectivity index (χ0n) is 15.1. The van der Waals surface area contributed by atoms with Crippen molar-refractivity contribution in [2.24, 2.45) is 11.1 Å². The third-order valence-electron chi connectivity index (χ3n) is 4.01. The monoisotopic (exact) mass is 379 g/mol. The summed E-state index contributed by atoms with van der Waals surface area (Å²) in [6, 6.07) is 5.90. The number of aromatic nitrogens is 2. The van der Waals surface area contributed by atoms with Crippen LogP contribution in [-0.4, -0.2) is 36.1 Å². The predicted octanol–water partition coefficient (Wildman–Crippen LogP) is 1.86. The second-order valence-electron chi connectivity index (χ2n) is 6.29. The average molecular weight is 379 g/mol. The molecule has 2 aromatic rings. The Morgan fingerprint density at radius 3 is 2.38 bits per heavy atom. The van der Waals surface area contributed by atoms with Gasteiger partial charge in [0.2, 0.25) is 16.0 Å². The highest BCUT2D eigenvalue weighted by Crippen LogP contribution is 2.21. The van der Waals surface area contributed by atoms with Crippen LogP contribution in [0, 0.1) is 5.92 Å². The standard InChI is InChI=1S/C17H25N5O3S/c1-4-12-9-19-17(22-16(12)21-15(10-23)11(2)3)20-13-5-7-14(8-6-13)26(18,24)25/h5-9,11,15,23H,4,10H2,1-3H3,(H2,18,24,25)(H2,19,20,21,22)/t15-/m0/s1. The first-order valence-corrected chi connectivity index (χ1v) is 9.92. The normalized spacial score (nSPS) is 12.8. The lowest BCUT2D eigenvalue weighted by atomic mass is 10.1. The van der Waals surface area contributed by atoms with Crippen molar-refractivity contribution < 1.29 is 13.5 Å². The van der Waals surface area contributed by atoms with E-state index in [0.717, 1.165) is 12.0 Å². The van der Waals surface area contributed by atoms with Crippen LogP contribution in [0.4, 0.5) is 17.5 Å². The number of sulfonamides is 1. The fraction of sp³-hybridized carbons (Fsp3) is 0.412. The lowest BCUT2D eigenvalue weighted by molar-refractivity contribution is 0.249. The molecule has 8 nitrogen and oxygen atoms in total. The molecule has 0 unspecified atom stereocenters. The minimum absolute atomic E-state index is 0.00259. The first-order chi connectivity index (χ1) is 12.2. The second-order valence-corrected chi connectivity index (χ2v) is 7.85. The van der Waals surface area contributed by atoms with Gasteiger partial charge in [-0.1, -0.05) is 20.8 Å². The molecule has 0 spiro atoms. The minimum atomic E-state index is -3.73. The zero-order chi connectivity index (χ0) is 19.3. The molecule has 0 bridgehead atoms. The molecule has 0 aliphatic carbocycles. The van der Waals surface area contributed by atoms with Crippen molar-refractivity contribution in [3.05, 3.63) is 36.0 Å². The van der Waals surface area contributed by atoms with Gasteiger partial charge >= 0.3 is 0 Å². The molecule has 1 aromatic carbocycles. The summed E-state index contributed by atoms with van der Waals surface area (Å²) in [6.07, 6.45) is 2.48. The van der Waals surface area contributed by atoms with E-state index in [9.17, 15) is 13.5 Å². The quantitative estimate of drug-likeness (QED) is 0.550. The maximum absolute atomic E-state index is 11.3. The Morgan fingerprint density at radius 1 is 1.23 bits per heavy atom. The van der Waals surface area contributed by atoms with E-state index in [1.54, 1.807) is 18.3 Å². The van der Waals surface area contributed by atoms with Gasteiger partial charge in [-0.3, -0.25) is 0 Å². The molecule has 2 rings (SSSR count). The van der Waals surface area contributed by atoms with Gasteiger partial charge in [0.25, 0.3) is 0 Å². The van der Waals surface area contributed by atoms with Crippen LogP contribution in [-0.2, 0) is 16.4 Å². The summed E-state index contributed by atoms with van der Waals surface area (Å²) < 4.78 is 22.6. The minimum Gasteiger partial charge on any atom is -0.394 e. The highest BCUT2D eigenvalue weighted by Gasteiger charge is 2.15. The Hall–Kier alpha value is -2.23. The Balaban J connectivity index is 2.23. The molecule has 142 valence electrons. The number of aliphatic hydroxyl groups is 1. The van der Waals surface area contributed by atoms with Crippen molar-refractivity contribution in [1.29, 1.82) is 0 Å². The summed E-state index contributed by atoms with van der Waals surface area (Å²) in [6.45, 7) is 6.05. The van der Waals surface area contributed by atoms with E-state index in [2.05, 4.69) is 20.6 Å². The van der Waals surface area contributed by atoms with Crippen LogP contribution in [0.5, 0.6) is 0 Å². The van der Waals surface area contributed by atoms with Crippen molar-refractivity contribution in [1.82, 2.24) is 9.97 Å². The number of aliphatic hydroxyl groups excluding tert-OH is 1. The number of benzene rings is 1. The molecule has 0 radical (unpaired) electrons. The predicted molar refractivity (Wildman–Crippen MR) is 102 cm³/mol. The van der Waals surface area contributed by atoms with Gasteiger partial charge in [0.15, 0.2) is 0 Å². The Morgan fingerprint density at radius 2 is 1.88 bits per heavy atom. The molecular weight excluding hydrogens is 354 g/mol. The zero-order valence-corrected chi connectivity index (χ0v) is 15.9. The molecule has 1 atom stereocenters. The number of rotatable bonds is 8. The van der Waals surface area contributed by atoms with Crippen molar-refractivity contribution in [3.8, 4) is 0 Å². The second kappa shape index (κ2) is 8.43. The molecule has 0 aliphatic rings. The summed E-state index contributed by atoms with van der Waals surface area (Å²) >= 11 is 0. The van der Waals surface area contributed by atoms with E-state index in [0.29, 0.717) is 17.5 Å². The topological polar surface area (TPSA) is 130 Å². The van der Waals surface area contributed by atoms with Gasteiger partial charge in [0, 0.05) is 17.4 Å². The third kappa shape index (κ3) is 5.13. The van der Waals surface area contributed by atoms with Crippen molar-refractivity contribution >= 4 is 27.5 Å². The molecule has 1 aromatic heterocycles. The van der Waals surface area contributed by atoms with Gasteiger partial charge in [0.05, 0.1) is 17.5 Å². The van der Waals surface area contributed by atoms with Crippen LogP contribution in [0.25, 0.3) is 0 Å². The largest absolute Gasteiger partial charge is 0.394 e. The van der Waals surface area contributed by atoms with E-state index in [1.165, 1.54) is 12.1 Å². The molecule has 5 N–H and O–H groups in total. The Kier molecular flexibility index (Phi) is 6.52. The number of hydrogen-bond acceptors (Lipinski definition) is 7. The molecule has 0 saturated heterocycles. The average Bonchev–Trinajstić information content (AvgIpc) is 2.59. The summed E-state index contributed by atoms with van der Waals surface area (Å²) in [5.74, 6) is 1.27. The van der Waals surface area contributed by atoms with Gasteiger partial charge in [-0.15, -0.1) is 0 Å². The Labute approximate surface area is 153 Å². The van der Waals surface area contributed by atoms with Gasteiger partial charge in [-0.05, 0) is 36.6 Å². The number of primary sulfonamides is 1. The molecule has 26 heavy (non-hydrogen) atoms. The lowest BCUT2D eigenvalue weighted by Gasteiger charge is -2.22. The van der Waals surface area contributed by atoms with E-state index in [-0.39, 0.29) is 23.5 Å². The molecule has 0 amide bonds. The van der Waals surface area contributed by atoms with E-state index < -0.39 is 10.0 Å². The number of hydrogen-bond donors (Lipinski definition) is 4. The molecule has 0 aliphatic heterocycles. The first kappa shape index (κ1) is 20.1. The molecule has 0 saturated carbocycles. The van der Waals surface area contributed by atoms with Crippen LogP contribution in [0.3, 0.4) is 0 Å². The Bertz CT molecular complexity index is 838. The summed E-state index contributed by atoms with van der Waals surface area (Å²) in [5.41, 5.74) is 1.58. The van der Waals surface area contributed by atoms with E-state index in [1.807, 2.05) is 20.8 Å². The van der Waals surface area contributed by atoms with E-state index in [4.69, 9.17) is 5.14 Å². The molecule has 9 heteroatoms. The van der Waals surface area contributed by atoms with Gasteiger partial charge < -0.3 is 15.7 Å². The van der Waals surface area contributed by atoms with Gasteiger partial charge in [-0.2, -0.15) is 4.98 Å². The van der Waals surface area contributed by atoms with Crippen LogP contribution in [0.15, 0.2) is 35.4 Å². The van der Waals surface area contributed by atoms with Crippen molar-refractivity contribution in [2.75, 3.05) is 17.2 Å².